The summed E-state index contributed by atoms with van der Waals surface area (Å²) < 4.78 is 69.4. The van der Waals surface area contributed by atoms with Gasteiger partial charge in [-0.1, -0.05) is 79.4 Å². The lowest BCUT2D eigenvalue weighted by molar-refractivity contribution is -0.139. The number of nitrogens with one attached hydrogen (secondary N) is 1. The molecule has 1 N–H and O–H groups in total. The maximum Gasteiger partial charge on any atom is 0.416 e. The van der Waals surface area contributed by atoms with Crippen LogP contribution in [0.5, 0.6) is 0 Å². The minimum atomic E-state index is -4.79. The van der Waals surface area contributed by atoms with Crippen LogP contribution in [0.3, 0.4) is 0 Å². The van der Waals surface area contributed by atoms with E-state index in [1.54, 1.807) is 13.0 Å². The van der Waals surface area contributed by atoms with Gasteiger partial charge in [0.15, 0.2) is 0 Å². The second kappa shape index (κ2) is 14.5. The molecule has 1 atom stereocenters. The van der Waals surface area contributed by atoms with Crippen molar-refractivity contribution in [2.24, 2.45) is 0 Å². The molecule has 0 saturated heterocycles. The Bertz CT molecular complexity index is 1530. The minimum absolute atomic E-state index is 0.0244. The third kappa shape index (κ3) is 8.32. The van der Waals surface area contributed by atoms with Crippen molar-refractivity contribution < 1.29 is 31.2 Å². The molecule has 4 rings (SSSR count). The van der Waals surface area contributed by atoms with Crippen LogP contribution in [0.15, 0.2) is 83.8 Å². The highest BCUT2D eigenvalue weighted by Gasteiger charge is 2.36. The van der Waals surface area contributed by atoms with E-state index >= 15 is 0 Å². The molecule has 3 aromatic carbocycles. The molecule has 236 valence electrons. The Morgan fingerprint density at radius 1 is 0.955 bits per heavy atom. The summed E-state index contributed by atoms with van der Waals surface area (Å²) in [7, 11) is -4.57. The fourth-order valence-electron chi connectivity index (χ4n) is 5.25. The van der Waals surface area contributed by atoms with E-state index in [-0.39, 0.29) is 28.4 Å². The molecule has 0 spiro atoms. The summed E-state index contributed by atoms with van der Waals surface area (Å²) in [4.78, 5) is 28.4. The van der Waals surface area contributed by atoms with Crippen LogP contribution in [0.25, 0.3) is 0 Å². The van der Waals surface area contributed by atoms with Crippen molar-refractivity contribution in [2.45, 2.75) is 68.6 Å². The van der Waals surface area contributed by atoms with Gasteiger partial charge in [-0.25, -0.2) is 8.42 Å². The molecule has 0 unspecified atom stereocenters. The summed E-state index contributed by atoms with van der Waals surface area (Å²) in [5.74, 6) is -1.15. The second-order valence-corrected chi connectivity index (χ2v) is 13.1. The SMILES string of the molecule is C[C@H](C(=O)NC1CCCCC1)N(CCc1ccccc1)C(=O)CN(c1cc(C(F)(F)F)ccc1Cl)S(=O)(=O)c1ccccc1. The van der Waals surface area contributed by atoms with Crippen molar-refractivity contribution in [2.75, 3.05) is 17.4 Å². The Hall–Kier alpha value is -3.57. The lowest BCUT2D eigenvalue weighted by Crippen LogP contribution is -2.53. The predicted molar refractivity (Wildman–Crippen MR) is 164 cm³/mol. The van der Waals surface area contributed by atoms with Crippen molar-refractivity contribution >= 4 is 39.1 Å². The van der Waals surface area contributed by atoms with Gasteiger partial charge in [-0.15, -0.1) is 0 Å². The standard InChI is InChI=1S/C32H35ClF3N3O4S/c1-23(31(41)37-26-13-7-3-8-14-26)38(20-19-24-11-5-2-6-12-24)30(40)22-39(44(42,43)27-15-9-4-10-16-27)29-21-25(32(34,35)36)17-18-28(29)33/h2,4-6,9-12,15-18,21,23,26H,3,7-8,13-14,19-20,22H2,1H3,(H,37,41)/t23-/m1/s1. The van der Waals surface area contributed by atoms with E-state index < -0.39 is 45.9 Å². The third-order valence-corrected chi connectivity index (χ3v) is 9.85. The lowest BCUT2D eigenvalue weighted by atomic mass is 9.95. The van der Waals surface area contributed by atoms with Gasteiger partial charge in [0.25, 0.3) is 10.0 Å². The van der Waals surface area contributed by atoms with Crippen LogP contribution in [0.4, 0.5) is 18.9 Å². The van der Waals surface area contributed by atoms with Crippen LogP contribution in [-0.2, 0) is 32.2 Å². The number of rotatable bonds is 11. The molecule has 1 saturated carbocycles. The van der Waals surface area contributed by atoms with E-state index in [4.69, 9.17) is 11.6 Å². The van der Waals surface area contributed by atoms with Crippen molar-refractivity contribution in [3.8, 4) is 0 Å². The number of carbonyl (C=O) groups excluding carboxylic acids is 2. The van der Waals surface area contributed by atoms with Crippen LogP contribution in [0.1, 0.15) is 50.2 Å². The zero-order valence-corrected chi connectivity index (χ0v) is 25.8. The Balaban J connectivity index is 1.71. The first-order valence-corrected chi connectivity index (χ1v) is 16.3. The number of sulfonamides is 1. The van der Waals surface area contributed by atoms with Crippen molar-refractivity contribution in [1.29, 1.82) is 0 Å². The van der Waals surface area contributed by atoms with E-state index in [2.05, 4.69) is 5.32 Å². The van der Waals surface area contributed by atoms with Crippen molar-refractivity contribution in [1.82, 2.24) is 10.2 Å². The molecule has 0 aromatic heterocycles. The van der Waals surface area contributed by atoms with E-state index in [0.29, 0.717) is 16.8 Å². The average Bonchev–Trinajstić information content (AvgIpc) is 3.01. The molecule has 0 bridgehead atoms. The average molecular weight is 650 g/mol. The molecule has 44 heavy (non-hydrogen) atoms. The third-order valence-electron chi connectivity index (χ3n) is 7.76. The quantitative estimate of drug-likeness (QED) is 0.258. The number of carbonyl (C=O) groups is 2. The number of halogens is 4. The van der Waals surface area contributed by atoms with Gasteiger partial charge in [-0.2, -0.15) is 13.2 Å². The normalized spacial score (nSPS) is 14.9. The first-order valence-electron chi connectivity index (χ1n) is 14.5. The van der Waals surface area contributed by atoms with Crippen molar-refractivity contribution in [3.63, 3.8) is 0 Å². The summed E-state index contributed by atoms with van der Waals surface area (Å²) in [5, 5.41) is 2.73. The fraction of sp³-hybridized carbons (Fsp3) is 0.375. The minimum Gasteiger partial charge on any atom is -0.352 e. The summed E-state index contributed by atoms with van der Waals surface area (Å²) >= 11 is 6.30. The van der Waals surface area contributed by atoms with Gasteiger partial charge in [-0.05, 0) is 62.1 Å². The zero-order chi connectivity index (χ0) is 31.9. The predicted octanol–water partition coefficient (Wildman–Crippen LogP) is 6.46. The molecule has 0 aliphatic heterocycles. The van der Waals surface area contributed by atoms with Gasteiger partial charge in [-0.3, -0.25) is 13.9 Å². The largest absolute Gasteiger partial charge is 0.416 e. The first kappa shape index (κ1) is 33.3. The Morgan fingerprint density at radius 2 is 1.57 bits per heavy atom. The fourth-order valence-corrected chi connectivity index (χ4v) is 6.97. The summed E-state index contributed by atoms with van der Waals surface area (Å²) in [5.41, 5.74) is -0.736. The van der Waals surface area contributed by atoms with E-state index in [9.17, 15) is 31.2 Å². The molecule has 1 aliphatic carbocycles. The maximum atomic E-state index is 14.0. The summed E-state index contributed by atoms with van der Waals surface area (Å²) in [6, 6.07) is 17.6. The molecule has 0 radical (unpaired) electrons. The Labute approximate surface area is 261 Å². The van der Waals surface area contributed by atoms with Gasteiger partial charge in [0.05, 0.1) is 21.2 Å². The van der Waals surface area contributed by atoms with Crippen molar-refractivity contribution in [3.05, 3.63) is 95.0 Å². The number of anilines is 1. The van der Waals surface area contributed by atoms with Crippen LogP contribution >= 0.6 is 11.6 Å². The van der Waals surface area contributed by atoms with Gasteiger partial charge >= 0.3 is 6.18 Å². The highest BCUT2D eigenvalue weighted by Crippen LogP contribution is 2.37. The van der Waals surface area contributed by atoms with E-state index in [1.165, 1.54) is 29.2 Å². The summed E-state index contributed by atoms with van der Waals surface area (Å²) in [6.07, 6.45) is 0.289. The molecular weight excluding hydrogens is 615 g/mol. The lowest BCUT2D eigenvalue weighted by Gasteiger charge is -2.33. The first-order chi connectivity index (χ1) is 20.9. The van der Waals surface area contributed by atoms with Crippen LogP contribution in [-0.4, -0.2) is 50.3 Å². The van der Waals surface area contributed by atoms with Gasteiger partial charge in [0.2, 0.25) is 11.8 Å². The molecule has 3 aromatic rings. The smallest absolute Gasteiger partial charge is 0.352 e. The Kier molecular flexibility index (Phi) is 11.0. The topological polar surface area (TPSA) is 86.8 Å². The molecule has 1 fully saturated rings. The Morgan fingerprint density at radius 3 is 2.18 bits per heavy atom. The zero-order valence-electron chi connectivity index (χ0n) is 24.3. The van der Waals surface area contributed by atoms with Crippen LogP contribution in [0, 0.1) is 0 Å². The molecule has 12 heteroatoms. The number of benzene rings is 3. The number of hydrogen-bond donors (Lipinski definition) is 1. The number of hydrogen-bond acceptors (Lipinski definition) is 4. The molecular formula is C32H35ClF3N3O4S. The van der Waals surface area contributed by atoms with E-state index in [1.807, 2.05) is 30.3 Å². The van der Waals surface area contributed by atoms with Gasteiger partial charge in [0, 0.05) is 12.6 Å². The number of amides is 2. The highest BCUT2D eigenvalue weighted by molar-refractivity contribution is 7.92. The van der Waals surface area contributed by atoms with Crippen LogP contribution < -0.4 is 9.62 Å². The summed E-state index contributed by atoms with van der Waals surface area (Å²) in [6.45, 7) is 0.750. The molecule has 1 aliphatic rings. The highest BCUT2D eigenvalue weighted by atomic mass is 35.5. The van der Waals surface area contributed by atoms with Gasteiger partial charge in [0.1, 0.15) is 12.6 Å². The van der Waals surface area contributed by atoms with E-state index in [0.717, 1.165) is 49.8 Å². The molecule has 2 amide bonds. The number of alkyl halides is 3. The van der Waals surface area contributed by atoms with Gasteiger partial charge < -0.3 is 10.2 Å². The molecule has 7 nitrogen and oxygen atoms in total. The van der Waals surface area contributed by atoms with Crippen LogP contribution in [0.2, 0.25) is 5.02 Å². The monoisotopic (exact) mass is 649 g/mol. The second-order valence-electron chi connectivity index (χ2n) is 10.8. The maximum absolute atomic E-state index is 14.0. The number of nitrogens with zero attached hydrogens (tertiary/aromatic N) is 2. The molecule has 0 heterocycles.